The highest BCUT2D eigenvalue weighted by Crippen LogP contribution is 2.17. The second-order valence-corrected chi connectivity index (χ2v) is 5.40. The van der Waals surface area contributed by atoms with Gasteiger partial charge in [-0.05, 0) is 19.3 Å². The van der Waals surface area contributed by atoms with Crippen LogP contribution in [-0.4, -0.2) is 56.7 Å². The Morgan fingerprint density at radius 1 is 1.30 bits per heavy atom. The Hall–Kier alpha value is -1.33. The van der Waals surface area contributed by atoms with Crippen LogP contribution in [0.1, 0.15) is 38.5 Å². The Morgan fingerprint density at radius 2 is 2.00 bits per heavy atom. The van der Waals surface area contributed by atoms with Crippen LogP contribution in [0, 0.1) is 0 Å². The minimum Gasteiger partial charge on any atom is -0.356 e. The van der Waals surface area contributed by atoms with E-state index in [9.17, 15) is 9.18 Å². The van der Waals surface area contributed by atoms with Gasteiger partial charge in [-0.1, -0.05) is 19.3 Å². The van der Waals surface area contributed by atoms with Crippen molar-refractivity contribution in [2.45, 2.75) is 44.6 Å². The van der Waals surface area contributed by atoms with Crippen molar-refractivity contribution in [3.8, 4) is 0 Å². The molecule has 0 aromatic carbocycles. The summed E-state index contributed by atoms with van der Waals surface area (Å²) in [5.41, 5.74) is 0. The number of alkyl halides is 1. The maximum Gasteiger partial charge on any atom is 0.243 e. The maximum absolute atomic E-state index is 12.2. The first-order valence-corrected chi connectivity index (χ1v) is 7.44. The lowest BCUT2D eigenvalue weighted by Crippen LogP contribution is -2.45. The highest BCUT2D eigenvalue weighted by atomic mass is 19.1. The summed E-state index contributed by atoms with van der Waals surface area (Å²) in [5, 5.41) is 6.45. The molecule has 1 amide bonds. The van der Waals surface area contributed by atoms with E-state index in [0.29, 0.717) is 25.0 Å². The zero-order valence-electron chi connectivity index (χ0n) is 12.6. The van der Waals surface area contributed by atoms with Crippen molar-refractivity contribution in [1.29, 1.82) is 0 Å². The van der Waals surface area contributed by atoms with Crippen molar-refractivity contribution in [1.82, 2.24) is 15.5 Å². The molecule has 0 bridgehead atoms. The predicted molar refractivity (Wildman–Crippen MR) is 79.6 cm³/mol. The third kappa shape index (κ3) is 6.73. The highest BCUT2D eigenvalue weighted by Gasteiger charge is 2.14. The van der Waals surface area contributed by atoms with E-state index < -0.39 is 0 Å². The van der Waals surface area contributed by atoms with E-state index in [2.05, 4.69) is 15.6 Å². The number of hydrogen-bond acceptors (Lipinski definition) is 2. The lowest BCUT2D eigenvalue weighted by atomic mass is 9.96. The van der Waals surface area contributed by atoms with Gasteiger partial charge in [0.15, 0.2) is 5.96 Å². The lowest BCUT2D eigenvalue weighted by Gasteiger charge is -2.25. The van der Waals surface area contributed by atoms with Gasteiger partial charge in [0, 0.05) is 26.7 Å². The molecule has 1 aliphatic rings. The number of amides is 1. The topological polar surface area (TPSA) is 56.7 Å². The van der Waals surface area contributed by atoms with Crippen molar-refractivity contribution in [2.24, 2.45) is 4.99 Å². The van der Waals surface area contributed by atoms with Gasteiger partial charge in [-0.15, -0.1) is 0 Å². The molecular formula is C14H27FN4O. The first kappa shape index (κ1) is 16.7. The number of nitrogens with zero attached hydrogens (tertiary/aromatic N) is 2. The van der Waals surface area contributed by atoms with E-state index in [4.69, 9.17) is 0 Å². The Labute approximate surface area is 121 Å². The standard InChI is InChI=1S/C14H27FN4O/c1-19(2)13(20)11-17-14(16-10-6-9-15)18-12-7-4-3-5-8-12/h12H,3-11H2,1-2H3,(H2,16,17,18). The van der Waals surface area contributed by atoms with Gasteiger partial charge in [0.2, 0.25) is 5.91 Å². The summed E-state index contributed by atoms with van der Waals surface area (Å²) in [6.45, 7) is 0.302. The SMILES string of the molecule is CN(C)C(=O)CN=C(NCCCF)NC1CCCCC1. The Bertz CT molecular complexity index is 314. The molecule has 5 nitrogen and oxygen atoms in total. The molecule has 0 unspecified atom stereocenters. The maximum atomic E-state index is 12.2. The minimum absolute atomic E-state index is 0.0414. The summed E-state index contributed by atoms with van der Waals surface area (Å²) in [4.78, 5) is 17.4. The van der Waals surface area contributed by atoms with E-state index in [1.807, 2.05) is 0 Å². The lowest BCUT2D eigenvalue weighted by molar-refractivity contribution is -0.127. The van der Waals surface area contributed by atoms with Crippen LogP contribution in [0.15, 0.2) is 4.99 Å². The second-order valence-electron chi connectivity index (χ2n) is 5.40. The number of carbonyl (C=O) groups excluding carboxylic acids is 1. The molecule has 20 heavy (non-hydrogen) atoms. The van der Waals surface area contributed by atoms with Gasteiger partial charge in [-0.2, -0.15) is 0 Å². The number of hydrogen-bond donors (Lipinski definition) is 2. The van der Waals surface area contributed by atoms with Crippen LogP contribution < -0.4 is 10.6 Å². The molecule has 1 rings (SSSR count). The zero-order chi connectivity index (χ0) is 14.8. The molecule has 1 aliphatic carbocycles. The van der Waals surface area contributed by atoms with Crippen molar-refractivity contribution < 1.29 is 9.18 Å². The van der Waals surface area contributed by atoms with Crippen LogP contribution in [0.4, 0.5) is 4.39 Å². The fourth-order valence-electron chi connectivity index (χ4n) is 2.15. The number of rotatable bonds is 6. The third-order valence-corrected chi connectivity index (χ3v) is 3.42. The number of nitrogens with one attached hydrogen (secondary N) is 2. The van der Waals surface area contributed by atoms with Gasteiger partial charge in [0.25, 0.3) is 0 Å². The molecule has 116 valence electrons. The molecule has 0 heterocycles. The normalized spacial score (nSPS) is 16.9. The van der Waals surface area contributed by atoms with Crippen LogP contribution in [0.2, 0.25) is 0 Å². The number of halogens is 1. The summed E-state index contributed by atoms with van der Waals surface area (Å²) in [7, 11) is 3.42. The predicted octanol–water partition coefficient (Wildman–Crippen LogP) is 1.30. The summed E-state index contributed by atoms with van der Waals surface area (Å²) in [6.07, 6.45) is 6.46. The van der Waals surface area contributed by atoms with Crippen molar-refractivity contribution >= 4 is 11.9 Å². The monoisotopic (exact) mass is 286 g/mol. The average Bonchev–Trinajstić information content (AvgIpc) is 2.45. The molecule has 0 aromatic heterocycles. The van der Waals surface area contributed by atoms with E-state index >= 15 is 0 Å². The molecule has 2 N–H and O–H groups in total. The van der Waals surface area contributed by atoms with Crippen LogP contribution >= 0.6 is 0 Å². The minimum atomic E-state index is -0.347. The largest absolute Gasteiger partial charge is 0.356 e. The molecule has 1 fully saturated rings. The smallest absolute Gasteiger partial charge is 0.243 e. The van der Waals surface area contributed by atoms with E-state index in [0.717, 1.165) is 12.8 Å². The van der Waals surface area contributed by atoms with Gasteiger partial charge < -0.3 is 15.5 Å². The van der Waals surface area contributed by atoms with Crippen LogP contribution in [0.5, 0.6) is 0 Å². The summed E-state index contributed by atoms with van der Waals surface area (Å²) < 4.78 is 12.2. The number of likely N-dealkylation sites (N-methyl/N-ethyl adjacent to an activating group) is 1. The quantitative estimate of drug-likeness (QED) is 0.440. The van der Waals surface area contributed by atoms with Crippen molar-refractivity contribution in [3.05, 3.63) is 0 Å². The molecule has 0 radical (unpaired) electrons. The van der Waals surface area contributed by atoms with E-state index in [1.165, 1.54) is 24.2 Å². The number of guanidine groups is 1. The van der Waals surface area contributed by atoms with Gasteiger partial charge in [-0.3, -0.25) is 9.18 Å². The summed E-state index contributed by atoms with van der Waals surface area (Å²) in [6, 6.07) is 0.412. The molecule has 0 aliphatic heterocycles. The molecular weight excluding hydrogens is 259 g/mol. The number of carbonyl (C=O) groups is 1. The third-order valence-electron chi connectivity index (χ3n) is 3.42. The Morgan fingerprint density at radius 3 is 2.60 bits per heavy atom. The van der Waals surface area contributed by atoms with Crippen molar-refractivity contribution in [2.75, 3.05) is 33.9 Å². The average molecular weight is 286 g/mol. The Balaban J connectivity index is 2.48. The van der Waals surface area contributed by atoms with Crippen LogP contribution in [-0.2, 0) is 4.79 Å². The van der Waals surface area contributed by atoms with Gasteiger partial charge in [0.1, 0.15) is 6.54 Å². The zero-order valence-corrected chi connectivity index (χ0v) is 12.6. The summed E-state index contributed by atoms with van der Waals surface area (Å²) >= 11 is 0. The summed E-state index contributed by atoms with van der Waals surface area (Å²) in [5.74, 6) is 0.584. The molecule has 6 heteroatoms. The molecule has 0 spiro atoms. The second kappa shape index (κ2) is 9.55. The van der Waals surface area contributed by atoms with Gasteiger partial charge in [0.05, 0.1) is 6.67 Å². The van der Waals surface area contributed by atoms with Crippen molar-refractivity contribution in [3.63, 3.8) is 0 Å². The first-order valence-electron chi connectivity index (χ1n) is 7.44. The molecule has 0 aromatic rings. The van der Waals surface area contributed by atoms with E-state index in [1.54, 1.807) is 14.1 Å². The number of aliphatic imine (C=N–C) groups is 1. The fraction of sp³-hybridized carbons (Fsp3) is 0.857. The Kier molecular flexibility index (Phi) is 7.99. The van der Waals surface area contributed by atoms with Crippen LogP contribution in [0.3, 0.4) is 0 Å². The van der Waals surface area contributed by atoms with Crippen LogP contribution in [0.25, 0.3) is 0 Å². The molecule has 1 saturated carbocycles. The molecule has 0 saturated heterocycles. The molecule has 0 atom stereocenters. The van der Waals surface area contributed by atoms with Gasteiger partial charge >= 0.3 is 0 Å². The highest BCUT2D eigenvalue weighted by molar-refractivity contribution is 5.84. The van der Waals surface area contributed by atoms with Gasteiger partial charge in [-0.25, -0.2) is 4.99 Å². The van der Waals surface area contributed by atoms with E-state index in [-0.39, 0.29) is 19.1 Å². The fourth-order valence-corrected chi connectivity index (χ4v) is 2.15. The first-order chi connectivity index (χ1) is 9.63.